The second-order valence-electron chi connectivity index (χ2n) is 4.45. The van der Waals surface area contributed by atoms with Gasteiger partial charge >= 0.3 is 0 Å². The molecule has 0 fully saturated rings. The van der Waals surface area contributed by atoms with Gasteiger partial charge in [-0.3, -0.25) is 4.79 Å². The molecule has 1 unspecified atom stereocenters. The summed E-state index contributed by atoms with van der Waals surface area (Å²) in [5.41, 5.74) is 2.03. The largest absolute Gasteiger partial charge is 0.384 e. The molecular formula is C14H22N2O2. The molecule has 0 saturated carbocycles. The number of methoxy groups -OCH3 is 1. The molecule has 4 nitrogen and oxygen atoms in total. The molecule has 18 heavy (non-hydrogen) atoms. The Morgan fingerprint density at radius 2 is 2.11 bits per heavy atom. The van der Waals surface area contributed by atoms with Gasteiger partial charge in [0, 0.05) is 26.4 Å². The standard InChI is InChI=1S/C14H22N2O2/c1-11(10-18-3)9-16-13-7-5-4-6-12(13)8-14(17)15-2/h4-7,11,16H,8-10H2,1-3H3,(H,15,17). The van der Waals surface area contributed by atoms with E-state index in [0.29, 0.717) is 12.3 Å². The van der Waals surface area contributed by atoms with Crippen molar-refractivity contribution in [2.45, 2.75) is 13.3 Å². The Hall–Kier alpha value is -1.55. The normalized spacial score (nSPS) is 11.9. The van der Waals surface area contributed by atoms with E-state index in [0.717, 1.165) is 24.4 Å². The zero-order chi connectivity index (χ0) is 13.4. The highest BCUT2D eigenvalue weighted by molar-refractivity contribution is 5.80. The number of hydrogen-bond donors (Lipinski definition) is 2. The summed E-state index contributed by atoms with van der Waals surface area (Å²) in [6, 6.07) is 7.88. The van der Waals surface area contributed by atoms with E-state index in [1.807, 2.05) is 24.3 Å². The van der Waals surface area contributed by atoms with E-state index >= 15 is 0 Å². The highest BCUT2D eigenvalue weighted by atomic mass is 16.5. The van der Waals surface area contributed by atoms with Crippen LogP contribution in [0.3, 0.4) is 0 Å². The minimum Gasteiger partial charge on any atom is -0.384 e. The fourth-order valence-corrected chi connectivity index (χ4v) is 1.74. The van der Waals surface area contributed by atoms with Crippen LogP contribution in [0.4, 0.5) is 5.69 Å². The lowest BCUT2D eigenvalue weighted by molar-refractivity contribution is -0.119. The van der Waals surface area contributed by atoms with Crippen LogP contribution in [0.2, 0.25) is 0 Å². The third-order valence-electron chi connectivity index (χ3n) is 2.74. The fourth-order valence-electron chi connectivity index (χ4n) is 1.74. The van der Waals surface area contributed by atoms with Gasteiger partial charge in [0.2, 0.25) is 5.91 Å². The van der Waals surface area contributed by atoms with Crippen molar-refractivity contribution in [3.63, 3.8) is 0 Å². The molecule has 1 aromatic rings. The molecule has 0 saturated heterocycles. The zero-order valence-corrected chi connectivity index (χ0v) is 11.3. The van der Waals surface area contributed by atoms with Crippen molar-refractivity contribution in [3.8, 4) is 0 Å². The van der Waals surface area contributed by atoms with Crippen LogP contribution >= 0.6 is 0 Å². The molecule has 100 valence electrons. The summed E-state index contributed by atoms with van der Waals surface area (Å²) in [5, 5.41) is 6.01. The van der Waals surface area contributed by atoms with Crippen LogP contribution in [-0.2, 0) is 16.0 Å². The first-order valence-electron chi connectivity index (χ1n) is 6.18. The molecule has 0 aliphatic heterocycles. The van der Waals surface area contributed by atoms with Crippen LogP contribution in [0, 0.1) is 5.92 Å². The Kier molecular flexibility index (Phi) is 6.22. The van der Waals surface area contributed by atoms with Crippen LogP contribution in [-0.4, -0.2) is 33.2 Å². The van der Waals surface area contributed by atoms with Crippen molar-refractivity contribution in [2.24, 2.45) is 5.92 Å². The number of carbonyl (C=O) groups is 1. The SMILES string of the molecule is CNC(=O)Cc1ccccc1NCC(C)COC. The van der Waals surface area contributed by atoms with Crippen LogP contribution < -0.4 is 10.6 Å². The van der Waals surface area contributed by atoms with Crippen LogP contribution in [0.1, 0.15) is 12.5 Å². The Balaban J connectivity index is 2.61. The summed E-state index contributed by atoms with van der Waals surface area (Å²) in [7, 11) is 3.36. The number of anilines is 1. The van der Waals surface area contributed by atoms with Crippen LogP contribution in [0.25, 0.3) is 0 Å². The molecule has 0 radical (unpaired) electrons. The highest BCUT2D eigenvalue weighted by Gasteiger charge is 2.07. The third-order valence-corrected chi connectivity index (χ3v) is 2.74. The van der Waals surface area contributed by atoms with Crippen LogP contribution in [0.5, 0.6) is 0 Å². The summed E-state index contributed by atoms with van der Waals surface area (Å²) in [6.07, 6.45) is 0.401. The van der Waals surface area contributed by atoms with Crippen molar-refractivity contribution in [2.75, 3.05) is 32.6 Å². The quantitative estimate of drug-likeness (QED) is 0.774. The van der Waals surface area contributed by atoms with E-state index in [-0.39, 0.29) is 5.91 Å². The zero-order valence-electron chi connectivity index (χ0n) is 11.3. The van der Waals surface area contributed by atoms with E-state index in [4.69, 9.17) is 4.74 Å². The van der Waals surface area contributed by atoms with Gasteiger partial charge in [-0.05, 0) is 17.5 Å². The van der Waals surface area contributed by atoms with Crippen molar-refractivity contribution in [1.29, 1.82) is 0 Å². The highest BCUT2D eigenvalue weighted by Crippen LogP contribution is 2.16. The van der Waals surface area contributed by atoms with Gasteiger partial charge in [0.05, 0.1) is 13.0 Å². The van der Waals surface area contributed by atoms with Gasteiger partial charge in [-0.25, -0.2) is 0 Å². The second kappa shape index (κ2) is 7.71. The first-order valence-corrected chi connectivity index (χ1v) is 6.18. The first-order chi connectivity index (χ1) is 8.67. The summed E-state index contributed by atoms with van der Waals surface area (Å²) in [5.74, 6) is 0.456. The predicted octanol–water partition coefficient (Wildman–Crippen LogP) is 1.67. The van der Waals surface area contributed by atoms with Gasteiger partial charge < -0.3 is 15.4 Å². The average molecular weight is 250 g/mol. The Bertz CT molecular complexity index is 380. The molecule has 1 rings (SSSR count). The number of amides is 1. The summed E-state index contributed by atoms with van der Waals surface area (Å²) in [4.78, 5) is 11.4. The number of hydrogen-bond acceptors (Lipinski definition) is 3. The van der Waals surface area contributed by atoms with Gasteiger partial charge in [-0.1, -0.05) is 25.1 Å². The summed E-state index contributed by atoms with van der Waals surface area (Å²) >= 11 is 0. The average Bonchev–Trinajstić information content (AvgIpc) is 2.38. The smallest absolute Gasteiger partial charge is 0.224 e. The predicted molar refractivity (Wildman–Crippen MR) is 73.7 cm³/mol. The number of para-hydroxylation sites is 1. The molecule has 0 aliphatic carbocycles. The number of nitrogens with one attached hydrogen (secondary N) is 2. The number of rotatable bonds is 7. The lowest BCUT2D eigenvalue weighted by Crippen LogP contribution is -2.21. The molecule has 1 aromatic carbocycles. The van der Waals surface area contributed by atoms with E-state index < -0.39 is 0 Å². The lowest BCUT2D eigenvalue weighted by atomic mass is 10.1. The maximum absolute atomic E-state index is 11.4. The second-order valence-corrected chi connectivity index (χ2v) is 4.45. The van der Waals surface area contributed by atoms with Crippen molar-refractivity contribution in [3.05, 3.63) is 29.8 Å². The number of benzene rings is 1. The maximum atomic E-state index is 11.4. The number of ether oxygens (including phenoxy) is 1. The van der Waals surface area contributed by atoms with Crippen molar-refractivity contribution >= 4 is 11.6 Å². The van der Waals surface area contributed by atoms with Gasteiger partial charge in [-0.2, -0.15) is 0 Å². The van der Waals surface area contributed by atoms with E-state index in [2.05, 4.69) is 17.6 Å². The minimum atomic E-state index is 0.0224. The lowest BCUT2D eigenvalue weighted by Gasteiger charge is -2.15. The maximum Gasteiger partial charge on any atom is 0.224 e. The summed E-state index contributed by atoms with van der Waals surface area (Å²) < 4.78 is 5.10. The molecule has 2 N–H and O–H groups in total. The van der Waals surface area contributed by atoms with Gasteiger partial charge in [0.25, 0.3) is 0 Å². The Morgan fingerprint density at radius 1 is 1.39 bits per heavy atom. The van der Waals surface area contributed by atoms with Gasteiger partial charge in [-0.15, -0.1) is 0 Å². The van der Waals surface area contributed by atoms with Crippen molar-refractivity contribution < 1.29 is 9.53 Å². The summed E-state index contributed by atoms with van der Waals surface area (Å²) in [6.45, 7) is 3.68. The molecule has 0 heterocycles. The van der Waals surface area contributed by atoms with E-state index in [1.54, 1.807) is 14.2 Å². The number of likely N-dealkylation sites (N-methyl/N-ethyl adjacent to an activating group) is 1. The monoisotopic (exact) mass is 250 g/mol. The molecule has 0 aliphatic rings. The molecular weight excluding hydrogens is 228 g/mol. The minimum absolute atomic E-state index is 0.0224. The van der Waals surface area contributed by atoms with E-state index in [9.17, 15) is 4.79 Å². The third kappa shape index (κ3) is 4.75. The van der Waals surface area contributed by atoms with E-state index in [1.165, 1.54) is 0 Å². The fraction of sp³-hybridized carbons (Fsp3) is 0.500. The Morgan fingerprint density at radius 3 is 2.78 bits per heavy atom. The molecule has 0 bridgehead atoms. The molecule has 0 spiro atoms. The van der Waals surface area contributed by atoms with Gasteiger partial charge in [0.15, 0.2) is 0 Å². The van der Waals surface area contributed by atoms with Crippen molar-refractivity contribution in [1.82, 2.24) is 5.32 Å². The van der Waals surface area contributed by atoms with Crippen LogP contribution in [0.15, 0.2) is 24.3 Å². The number of carbonyl (C=O) groups excluding carboxylic acids is 1. The Labute approximate surface area is 109 Å². The molecule has 1 amide bonds. The molecule has 1 atom stereocenters. The molecule has 4 heteroatoms. The molecule has 0 aromatic heterocycles. The first kappa shape index (κ1) is 14.5. The van der Waals surface area contributed by atoms with Gasteiger partial charge in [0.1, 0.15) is 0 Å². The topological polar surface area (TPSA) is 50.4 Å².